The van der Waals surface area contributed by atoms with Gasteiger partial charge in [0.15, 0.2) is 0 Å². The van der Waals surface area contributed by atoms with Gasteiger partial charge in [-0.2, -0.15) is 0 Å². The predicted octanol–water partition coefficient (Wildman–Crippen LogP) is 3.38. The van der Waals surface area contributed by atoms with E-state index < -0.39 is 13.0 Å². The van der Waals surface area contributed by atoms with E-state index in [4.69, 9.17) is 9.47 Å². The Morgan fingerprint density at radius 1 is 1.04 bits per heavy atom. The van der Waals surface area contributed by atoms with E-state index in [9.17, 15) is 13.6 Å². The average molecular weight is 364 g/mol. The fourth-order valence-electron chi connectivity index (χ4n) is 2.26. The van der Waals surface area contributed by atoms with E-state index >= 15 is 0 Å². The number of carbonyl (C=O) groups excluding carboxylic acids is 1. The van der Waals surface area contributed by atoms with Crippen LogP contribution in [0.3, 0.4) is 0 Å². The summed E-state index contributed by atoms with van der Waals surface area (Å²) in [4.78, 5) is 11.8. The summed E-state index contributed by atoms with van der Waals surface area (Å²) in [6.45, 7) is 0.124. The van der Waals surface area contributed by atoms with Crippen molar-refractivity contribution < 1.29 is 23.0 Å². The first-order valence-electron chi connectivity index (χ1n) is 8.21. The van der Waals surface area contributed by atoms with E-state index in [0.717, 1.165) is 16.9 Å². The zero-order valence-electron chi connectivity index (χ0n) is 14.5. The fourth-order valence-corrected chi connectivity index (χ4v) is 2.26. The lowest BCUT2D eigenvalue weighted by Gasteiger charge is -2.10. The standard InChI is InChI=1S/C19H22F2N2O3/c1-25-16-7-5-14(6-8-16)9-10-22-19(24)23-12-15-3-2-4-17(11-15)26-13-18(20)21/h2-8,11,18H,9-10,12-13H2,1H3,(H2,22,23,24). The summed E-state index contributed by atoms with van der Waals surface area (Å²) in [5.74, 6) is 1.14. The number of benzene rings is 2. The number of halogens is 2. The third-order valence-electron chi connectivity index (χ3n) is 3.59. The molecule has 0 aliphatic rings. The average Bonchev–Trinajstić information content (AvgIpc) is 2.65. The van der Waals surface area contributed by atoms with Gasteiger partial charge in [-0.1, -0.05) is 24.3 Å². The number of urea groups is 1. The number of nitrogens with one attached hydrogen (secondary N) is 2. The van der Waals surface area contributed by atoms with E-state index in [0.29, 0.717) is 18.7 Å². The van der Waals surface area contributed by atoms with E-state index in [-0.39, 0.29) is 12.6 Å². The molecule has 2 aromatic rings. The lowest BCUT2D eigenvalue weighted by molar-refractivity contribution is 0.0818. The molecule has 0 atom stereocenters. The summed E-state index contributed by atoms with van der Waals surface area (Å²) in [5, 5.41) is 5.49. The molecule has 0 saturated heterocycles. The van der Waals surface area contributed by atoms with Gasteiger partial charge in [-0.25, -0.2) is 13.6 Å². The summed E-state index contributed by atoms with van der Waals surface area (Å²) in [6, 6.07) is 14.0. The van der Waals surface area contributed by atoms with Crippen LogP contribution in [0.2, 0.25) is 0 Å². The molecule has 7 heteroatoms. The largest absolute Gasteiger partial charge is 0.497 e. The molecule has 2 rings (SSSR count). The van der Waals surface area contributed by atoms with E-state index in [2.05, 4.69) is 10.6 Å². The van der Waals surface area contributed by atoms with Crippen molar-refractivity contribution in [2.75, 3.05) is 20.3 Å². The lowest BCUT2D eigenvalue weighted by Crippen LogP contribution is -2.36. The Labute approximate surface area is 151 Å². The van der Waals surface area contributed by atoms with Crippen molar-refractivity contribution in [1.29, 1.82) is 0 Å². The smallest absolute Gasteiger partial charge is 0.315 e. The number of amides is 2. The molecule has 0 fully saturated rings. The molecule has 0 aliphatic heterocycles. The Bertz CT molecular complexity index is 693. The highest BCUT2D eigenvalue weighted by Crippen LogP contribution is 2.14. The molecule has 2 N–H and O–H groups in total. The van der Waals surface area contributed by atoms with Crippen molar-refractivity contribution in [3.8, 4) is 11.5 Å². The van der Waals surface area contributed by atoms with Gasteiger partial charge < -0.3 is 20.1 Å². The molecule has 26 heavy (non-hydrogen) atoms. The maximum atomic E-state index is 12.2. The van der Waals surface area contributed by atoms with Crippen LogP contribution in [0.15, 0.2) is 48.5 Å². The maximum absolute atomic E-state index is 12.2. The molecule has 0 heterocycles. The first-order valence-corrected chi connectivity index (χ1v) is 8.21. The molecule has 2 aromatic carbocycles. The van der Waals surface area contributed by atoms with Gasteiger partial charge >= 0.3 is 6.03 Å². The summed E-state index contributed by atoms with van der Waals surface area (Å²) in [6.07, 6.45) is -1.82. The highest BCUT2D eigenvalue weighted by Gasteiger charge is 2.05. The lowest BCUT2D eigenvalue weighted by atomic mass is 10.1. The second kappa shape index (κ2) is 10.2. The van der Waals surface area contributed by atoms with Crippen molar-refractivity contribution in [3.63, 3.8) is 0 Å². The molecule has 0 unspecified atom stereocenters. The Hall–Kier alpha value is -2.83. The Morgan fingerprint density at radius 2 is 1.81 bits per heavy atom. The molecule has 0 aromatic heterocycles. The molecule has 0 spiro atoms. The van der Waals surface area contributed by atoms with Crippen LogP contribution >= 0.6 is 0 Å². The normalized spacial score (nSPS) is 10.5. The predicted molar refractivity (Wildman–Crippen MR) is 94.9 cm³/mol. The molecule has 2 amide bonds. The van der Waals surface area contributed by atoms with Crippen LogP contribution in [0.5, 0.6) is 11.5 Å². The summed E-state index contributed by atoms with van der Waals surface area (Å²) >= 11 is 0. The van der Waals surface area contributed by atoms with E-state index in [1.807, 2.05) is 24.3 Å². The van der Waals surface area contributed by atoms with E-state index in [1.54, 1.807) is 31.4 Å². The first-order chi connectivity index (χ1) is 12.6. The van der Waals surface area contributed by atoms with Gasteiger partial charge in [0, 0.05) is 13.1 Å². The van der Waals surface area contributed by atoms with Crippen molar-refractivity contribution in [2.24, 2.45) is 0 Å². The van der Waals surface area contributed by atoms with Crippen LogP contribution in [-0.2, 0) is 13.0 Å². The highest BCUT2D eigenvalue weighted by atomic mass is 19.3. The molecular formula is C19H22F2N2O3. The number of ether oxygens (including phenoxy) is 2. The zero-order valence-corrected chi connectivity index (χ0v) is 14.5. The first kappa shape index (κ1) is 19.5. The SMILES string of the molecule is COc1ccc(CCNC(=O)NCc2cccc(OCC(F)F)c2)cc1. The topological polar surface area (TPSA) is 59.6 Å². The Balaban J connectivity index is 1.70. The van der Waals surface area contributed by atoms with Gasteiger partial charge in [-0.05, 0) is 41.8 Å². The Kier molecular flexibility index (Phi) is 7.67. The molecule has 0 radical (unpaired) electrons. The van der Waals surface area contributed by atoms with Crippen LogP contribution in [0.4, 0.5) is 13.6 Å². The summed E-state index contributed by atoms with van der Waals surface area (Å²) in [5.41, 5.74) is 1.86. The zero-order chi connectivity index (χ0) is 18.8. The highest BCUT2D eigenvalue weighted by molar-refractivity contribution is 5.73. The molecule has 140 valence electrons. The second-order valence-corrected chi connectivity index (χ2v) is 5.56. The summed E-state index contributed by atoms with van der Waals surface area (Å²) in [7, 11) is 1.61. The van der Waals surface area contributed by atoms with Gasteiger partial charge in [0.05, 0.1) is 7.11 Å². The van der Waals surface area contributed by atoms with Crippen molar-refractivity contribution in [1.82, 2.24) is 10.6 Å². The number of hydrogen-bond donors (Lipinski definition) is 2. The van der Waals surface area contributed by atoms with Gasteiger partial charge in [0.25, 0.3) is 6.43 Å². The van der Waals surface area contributed by atoms with Gasteiger partial charge in [-0.3, -0.25) is 0 Å². The maximum Gasteiger partial charge on any atom is 0.315 e. The van der Waals surface area contributed by atoms with Crippen LogP contribution in [0, 0.1) is 0 Å². The minimum atomic E-state index is -2.52. The molecular weight excluding hydrogens is 342 g/mol. The fraction of sp³-hybridized carbons (Fsp3) is 0.316. The molecule has 0 saturated carbocycles. The van der Waals surface area contributed by atoms with Gasteiger partial charge in [0.1, 0.15) is 18.1 Å². The van der Waals surface area contributed by atoms with Crippen molar-refractivity contribution >= 4 is 6.03 Å². The third kappa shape index (κ3) is 6.96. The van der Waals surface area contributed by atoms with Gasteiger partial charge in [0.2, 0.25) is 0 Å². The second-order valence-electron chi connectivity index (χ2n) is 5.56. The molecule has 5 nitrogen and oxygen atoms in total. The van der Waals surface area contributed by atoms with Crippen LogP contribution in [0.1, 0.15) is 11.1 Å². The van der Waals surface area contributed by atoms with Gasteiger partial charge in [-0.15, -0.1) is 0 Å². The van der Waals surface area contributed by atoms with Crippen molar-refractivity contribution in [2.45, 2.75) is 19.4 Å². The number of carbonyl (C=O) groups is 1. The number of alkyl halides is 2. The van der Waals surface area contributed by atoms with Crippen LogP contribution in [-0.4, -0.2) is 32.7 Å². The third-order valence-corrected chi connectivity index (χ3v) is 3.59. The molecule has 0 bridgehead atoms. The molecule has 0 aliphatic carbocycles. The number of rotatable bonds is 9. The van der Waals surface area contributed by atoms with Crippen LogP contribution < -0.4 is 20.1 Å². The van der Waals surface area contributed by atoms with Crippen LogP contribution in [0.25, 0.3) is 0 Å². The minimum Gasteiger partial charge on any atom is -0.497 e. The monoisotopic (exact) mass is 364 g/mol. The summed E-state index contributed by atoms with van der Waals surface area (Å²) < 4.78 is 34.4. The van der Waals surface area contributed by atoms with Crippen molar-refractivity contribution in [3.05, 3.63) is 59.7 Å². The Morgan fingerprint density at radius 3 is 2.50 bits per heavy atom. The number of methoxy groups -OCH3 is 1. The van der Waals surface area contributed by atoms with E-state index in [1.165, 1.54) is 0 Å². The quantitative estimate of drug-likeness (QED) is 0.717. The number of hydrogen-bond acceptors (Lipinski definition) is 3. The minimum absolute atomic E-state index is 0.278.